The molecule has 0 aliphatic carbocycles. The van der Waals surface area contributed by atoms with E-state index in [2.05, 4.69) is 21.6 Å². The van der Waals surface area contributed by atoms with E-state index in [9.17, 15) is 9.59 Å². The Balaban J connectivity index is 1.39. The van der Waals surface area contributed by atoms with Gasteiger partial charge in [0.15, 0.2) is 11.0 Å². The van der Waals surface area contributed by atoms with E-state index in [1.807, 2.05) is 59.8 Å². The lowest BCUT2D eigenvalue weighted by molar-refractivity contribution is -0.116. The molecule has 2 amide bonds. The number of nitrogens with one attached hydrogen (secondary N) is 1. The predicted octanol–water partition coefficient (Wildman–Crippen LogP) is 3.38. The van der Waals surface area contributed by atoms with Crippen molar-refractivity contribution in [3.63, 3.8) is 0 Å². The molecule has 2 heterocycles. The smallest absolute Gasteiger partial charge is 0.251 e. The molecule has 2 aromatic carbocycles. The maximum Gasteiger partial charge on any atom is 0.251 e. The van der Waals surface area contributed by atoms with Crippen LogP contribution in [0.1, 0.15) is 41.1 Å². The molecule has 7 nitrogen and oxygen atoms in total. The Morgan fingerprint density at radius 2 is 1.84 bits per heavy atom. The molecule has 8 heteroatoms. The van der Waals surface area contributed by atoms with Crippen LogP contribution < -0.4 is 10.2 Å². The summed E-state index contributed by atoms with van der Waals surface area (Å²) in [6.07, 6.45) is 1.98. The maximum absolute atomic E-state index is 12.9. The monoisotopic (exact) mass is 435 g/mol. The van der Waals surface area contributed by atoms with Gasteiger partial charge in [0.2, 0.25) is 5.91 Å². The molecule has 31 heavy (non-hydrogen) atoms. The molecule has 0 saturated carbocycles. The molecule has 4 rings (SSSR count). The highest BCUT2D eigenvalue weighted by Gasteiger charge is 2.24. The number of carbonyl (C=O) groups is 2. The lowest BCUT2D eigenvalue weighted by Gasteiger charge is -2.29. The summed E-state index contributed by atoms with van der Waals surface area (Å²) < 4.78 is 1.83. The highest BCUT2D eigenvalue weighted by Crippen LogP contribution is 2.28. The third kappa shape index (κ3) is 4.64. The van der Waals surface area contributed by atoms with E-state index >= 15 is 0 Å². The number of aryl methyl sites for hydroxylation is 1. The first-order valence-corrected chi connectivity index (χ1v) is 11.3. The molecule has 160 valence electrons. The van der Waals surface area contributed by atoms with Gasteiger partial charge in [-0.1, -0.05) is 48.2 Å². The number of nitrogens with zero attached hydrogens (tertiary/aromatic N) is 4. The van der Waals surface area contributed by atoms with Crippen molar-refractivity contribution < 1.29 is 9.59 Å². The second-order valence-corrected chi connectivity index (χ2v) is 8.47. The van der Waals surface area contributed by atoms with Crippen LogP contribution in [0.4, 0.5) is 5.69 Å². The summed E-state index contributed by atoms with van der Waals surface area (Å²) >= 11 is 1.36. The summed E-state index contributed by atoms with van der Waals surface area (Å²) in [5, 5.41) is 12.1. The van der Waals surface area contributed by atoms with Gasteiger partial charge in [-0.25, -0.2) is 0 Å². The molecule has 1 atom stereocenters. The Labute approximate surface area is 185 Å². The number of hydrogen-bond acceptors (Lipinski definition) is 5. The van der Waals surface area contributed by atoms with Crippen molar-refractivity contribution in [2.75, 3.05) is 17.2 Å². The summed E-state index contributed by atoms with van der Waals surface area (Å²) in [4.78, 5) is 27.2. The van der Waals surface area contributed by atoms with Gasteiger partial charge in [0.05, 0.1) is 11.8 Å². The van der Waals surface area contributed by atoms with Gasteiger partial charge in [-0.05, 0) is 43.5 Å². The van der Waals surface area contributed by atoms with Gasteiger partial charge in [-0.15, -0.1) is 10.2 Å². The number of hydrogen-bond donors (Lipinski definition) is 1. The maximum atomic E-state index is 12.9. The number of carbonyl (C=O) groups excluding carboxylic acids is 2. The molecule has 1 aromatic heterocycles. The highest BCUT2D eigenvalue weighted by molar-refractivity contribution is 7.99. The van der Waals surface area contributed by atoms with E-state index in [0.29, 0.717) is 16.5 Å². The van der Waals surface area contributed by atoms with Gasteiger partial charge in [0, 0.05) is 24.8 Å². The fraction of sp³-hybridized carbons (Fsp3) is 0.304. The number of fused-ring (bicyclic) bond motifs is 1. The van der Waals surface area contributed by atoms with Gasteiger partial charge in [0.1, 0.15) is 0 Å². The third-order valence-corrected chi connectivity index (χ3v) is 6.38. The number of anilines is 1. The van der Waals surface area contributed by atoms with Crippen LogP contribution in [0, 0.1) is 0 Å². The molecule has 0 radical (unpaired) electrons. The van der Waals surface area contributed by atoms with Gasteiger partial charge < -0.3 is 14.8 Å². The second kappa shape index (κ2) is 9.34. The van der Waals surface area contributed by atoms with Crippen LogP contribution in [0.5, 0.6) is 0 Å². The molecule has 0 spiro atoms. The molecular weight excluding hydrogens is 410 g/mol. The topological polar surface area (TPSA) is 80.1 Å². The second-order valence-electron chi connectivity index (χ2n) is 7.53. The normalized spacial score (nSPS) is 14.1. The van der Waals surface area contributed by atoms with Crippen molar-refractivity contribution in [3.05, 3.63) is 71.5 Å². The average Bonchev–Trinajstić information content (AvgIpc) is 3.18. The summed E-state index contributed by atoms with van der Waals surface area (Å²) in [5.41, 5.74) is 2.82. The van der Waals surface area contributed by atoms with E-state index in [1.54, 1.807) is 12.1 Å². The molecular formula is C23H25N5O2S. The standard InChI is InChI=1S/C23H25N5O2S/c1-16(24-22(30)18-10-4-3-5-11-18)21-25-26-23(27(21)2)31-15-20(29)28-14-8-12-17-9-6-7-13-19(17)28/h3-7,9-11,13,16H,8,12,14-15H2,1-2H3,(H,24,30)/t16-/m1/s1. The van der Waals surface area contributed by atoms with E-state index in [-0.39, 0.29) is 23.6 Å². The zero-order valence-electron chi connectivity index (χ0n) is 17.6. The quantitative estimate of drug-likeness (QED) is 0.601. The van der Waals surface area contributed by atoms with E-state index in [1.165, 1.54) is 17.3 Å². The summed E-state index contributed by atoms with van der Waals surface area (Å²) in [6, 6.07) is 16.8. The SMILES string of the molecule is C[C@@H](NC(=O)c1ccccc1)c1nnc(SCC(=O)N2CCCc3ccccc32)n1C. The fourth-order valence-electron chi connectivity index (χ4n) is 3.76. The van der Waals surface area contributed by atoms with Crippen LogP contribution in [-0.2, 0) is 18.3 Å². The first-order valence-electron chi connectivity index (χ1n) is 10.3. The molecule has 1 aliphatic heterocycles. The average molecular weight is 436 g/mol. The lowest BCUT2D eigenvalue weighted by Crippen LogP contribution is -2.36. The molecule has 1 N–H and O–H groups in total. The van der Waals surface area contributed by atoms with E-state index in [4.69, 9.17) is 0 Å². The van der Waals surface area contributed by atoms with Crippen molar-refractivity contribution in [3.8, 4) is 0 Å². The Morgan fingerprint density at radius 3 is 2.65 bits per heavy atom. The molecule has 3 aromatic rings. The van der Waals surface area contributed by atoms with Gasteiger partial charge in [-0.3, -0.25) is 9.59 Å². The third-order valence-electron chi connectivity index (χ3n) is 5.38. The van der Waals surface area contributed by atoms with Crippen molar-refractivity contribution in [2.24, 2.45) is 7.05 Å². The van der Waals surface area contributed by atoms with Gasteiger partial charge in [0.25, 0.3) is 5.91 Å². The first-order chi connectivity index (χ1) is 15.0. The number of rotatable bonds is 6. The summed E-state index contributed by atoms with van der Waals surface area (Å²) in [5.74, 6) is 0.823. The Bertz CT molecular complexity index is 1080. The zero-order chi connectivity index (χ0) is 21.8. The summed E-state index contributed by atoms with van der Waals surface area (Å²) in [6.45, 7) is 2.61. The highest BCUT2D eigenvalue weighted by atomic mass is 32.2. The minimum Gasteiger partial charge on any atom is -0.342 e. The van der Waals surface area contributed by atoms with Gasteiger partial charge >= 0.3 is 0 Å². The number of amides is 2. The van der Waals surface area contributed by atoms with Crippen LogP contribution in [-0.4, -0.2) is 38.9 Å². The fourth-order valence-corrected chi connectivity index (χ4v) is 4.55. The predicted molar refractivity (Wildman–Crippen MR) is 121 cm³/mol. The molecule has 0 fully saturated rings. The summed E-state index contributed by atoms with van der Waals surface area (Å²) in [7, 11) is 1.85. The van der Waals surface area contributed by atoms with Crippen LogP contribution in [0.3, 0.4) is 0 Å². The van der Waals surface area contributed by atoms with Crippen molar-refractivity contribution in [1.29, 1.82) is 0 Å². The molecule has 0 saturated heterocycles. The number of aromatic nitrogens is 3. The number of para-hydroxylation sites is 1. The minimum atomic E-state index is -0.316. The van der Waals surface area contributed by atoms with Crippen LogP contribution in [0.25, 0.3) is 0 Å². The van der Waals surface area contributed by atoms with Crippen LogP contribution in [0.2, 0.25) is 0 Å². The Kier molecular flexibility index (Phi) is 6.36. The van der Waals surface area contributed by atoms with Gasteiger partial charge in [-0.2, -0.15) is 0 Å². The zero-order valence-corrected chi connectivity index (χ0v) is 18.4. The minimum absolute atomic E-state index is 0.0622. The van der Waals surface area contributed by atoms with E-state index in [0.717, 1.165) is 25.1 Å². The molecule has 0 unspecified atom stereocenters. The van der Waals surface area contributed by atoms with Crippen LogP contribution in [0.15, 0.2) is 59.8 Å². The lowest BCUT2D eigenvalue weighted by atomic mass is 10.0. The van der Waals surface area contributed by atoms with Crippen LogP contribution >= 0.6 is 11.8 Å². The molecule has 1 aliphatic rings. The Morgan fingerprint density at radius 1 is 1.10 bits per heavy atom. The van der Waals surface area contributed by atoms with Crippen molar-refractivity contribution in [2.45, 2.75) is 31.0 Å². The Hall–Kier alpha value is -3.13. The first kappa shape index (κ1) is 21.1. The van der Waals surface area contributed by atoms with Crippen molar-refractivity contribution >= 4 is 29.3 Å². The number of benzene rings is 2. The molecule has 0 bridgehead atoms. The number of thioether (sulfide) groups is 1. The largest absolute Gasteiger partial charge is 0.342 e. The van der Waals surface area contributed by atoms with E-state index < -0.39 is 0 Å². The van der Waals surface area contributed by atoms with Crippen molar-refractivity contribution in [1.82, 2.24) is 20.1 Å².